The maximum atomic E-state index is 9.75. The number of hydrogen-bond donors (Lipinski definition) is 1. The SMILES string of the molecule is O[C@H]1C[C@@H]2CN(Cc3ccc(OCc4ccccc4)cc3)C[C@@H]21. The summed E-state index contributed by atoms with van der Waals surface area (Å²) in [6, 6.07) is 18.6. The van der Waals surface area contributed by atoms with Crippen molar-refractivity contribution in [3.8, 4) is 5.75 Å². The number of rotatable bonds is 5. The van der Waals surface area contributed by atoms with Gasteiger partial charge in [0.2, 0.25) is 0 Å². The number of hydrogen-bond acceptors (Lipinski definition) is 3. The Morgan fingerprint density at radius 3 is 2.43 bits per heavy atom. The molecule has 1 saturated heterocycles. The first-order valence-electron chi connectivity index (χ1n) is 8.44. The van der Waals surface area contributed by atoms with Gasteiger partial charge in [0.05, 0.1) is 6.10 Å². The second-order valence-electron chi connectivity index (χ2n) is 6.84. The molecule has 1 aliphatic heterocycles. The fourth-order valence-electron chi connectivity index (χ4n) is 3.78. The molecule has 2 aromatic carbocycles. The Bertz CT molecular complexity index is 640. The lowest BCUT2D eigenvalue weighted by atomic mass is 9.74. The zero-order valence-corrected chi connectivity index (χ0v) is 13.3. The van der Waals surface area contributed by atoms with E-state index in [-0.39, 0.29) is 6.10 Å². The van der Waals surface area contributed by atoms with Gasteiger partial charge >= 0.3 is 0 Å². The molecule has 3 atom stereocenters. The van der Waals surface area contributed by atoms with Gasteiger partial charge in [-0.1, -0.05) is 42.5 Å². The van der Waals surface area contributed by atoms with Gasteiger partial charge in [-0.05, 0) is 35.6 Å². The van der Waals surface area contributed by atoms with E-state index in [9.17, 15) is 5.11 Å². The fraction of sp³-hybridized carbons (Fsp3) is 0.400. The zero-order chi connectivity index (χ0) is 15.6. The van der Waals surface area contributed by atoms with Crippen LogP contribution in [0.1, 0.15) is 17.5 Å². The van der Waals surface area contributed by atoms with E-state index in [2.05, 4.69) is 41.3 Å². The van der Waals surface area contributed by atoms with E-state index < -0.39 is 0 Å². The molecular weight excluding hydrogens is 286 g/mol. The van der Waals surface area contributed by atoms with Gasteiger partial charge in [-0.3, -0.25) is 4.90 Å². The molecule has 0 radical (unpaired) electrons. The lowest BCUT2D eigenvalue weighted by Gasteiger charge is -2.35. The van der Waals surface area contributed by atoms with Crippen LogP contribution < -0.4 is 4.74 Å². The Hall–Kier alpha value is -1.84. The van der Waals surface area contributed by atoms with E-state index in [1.54, 1.807) is 0 Å². The number of nitrogens with zero attached hydrogens (tertiary/aromatic N) is 1. The molecular formula is C20H23NO2. The second-order valence-corrected chi connectivity index (χ2v) is 6.84. The Kier molecular flexibility index (Phi) is 4.06. The number of benzene rings is 2. The number of aliphatic hydroxyl groups is 1. The minimum absolute atomic E-state index is 0.0567. The molecule has 4 rings (SSSR count). The van der Waals surface area contributed by atoms with E-state index >= 15 is 0 Å². The molecule has 0 unspecified atom stereocenters. The van der Waals surface area contributed by atoms with Gasteiger partial charge in [-0.15, -0.1) is 0 Å². The zero-order valence-electron chi connectivity index (χ0n) is 13.3. The average molecular weight is 309 g/mol. The third-order valence-corrected chi connectivity index (χ3v) is 5.18. The predicted molar refractivity (Wildman–Crippen MR) is 90.1 cm³/mol. The van der Waals surface area contributed by atoms with Gasteiger partial charge < -0.3 is 9.84 Å². The van der Waals surface area contributed by atoms with Crippen LogP contribution >= 0.6 is 0 Å². The standard InChI is InChI=1S/C20H23NO2/c22-20-10-17-12-21(13-19(17)20)11-15-6-8-18(9-7-15)23-14-16-4-2-1-3-5-16/h1-9,17,19-20,22H,10-14H2/t17-,19+,20+/m1/s1. The minimum Gasteiger partial charge on any atom is -0.489 e. The molecule has 0 amide bonds. The smallest absolute Gasteiger partial charge is 0.119 e. The topological polar surface area (TPSA) is 32.7 Å². The molecule has 1 saturated carbocycles. The molecule has 0 aromatic heterocycles. The van der Waals surface area contributed by atoms with E-state index in [1.165, 1.54) is 11.1 Å². The van der Waals surface area contributed by atoms with Crippen molar-refractivity contribution in [1.82, 2.24) is 4.90 Å². The molecule has 0 bridgehead atoms. The third-order valence-electron chi connectivity index (χ3n) is 5.18. The van der Waals surface area contributed by atoms with E-state index in [0.717, 1.165) is 37.7 Å². The monoisotopic (exact) mass is 309 g/mol. The fourth-order valence-corrected chi connectivity index (χ4v) is 3.78. The maximum Gasteiger partial charge on any atom is 0.119 e. The molecule has 2 aliphatic rings. The summed E-state index contributed by atoms with van der Waals surface area (Å²) >= 11 is 0. The number of aliphatic hydroxyl groups excluding tert-OH is 1. The van der Waals surface area contributed by atoms with Crippen molar-refractivity contribution in [3.05, 3.63) is 65.7 Å². The van der Waals surface area contributed by atoms with Crippen molar-refractivity contribution in [3.63, 3.8) is 0 Å². The number of ether oxygens (including phenoxy) is 1. The lowest BCUT2D eigenvalue weighted by molar-refractivity contribution is -0.00435. The molecule has 1 heterocycles. The van der Waals surface area contributed by atoms with Crippen LogP contribution in [0, 0.1) is 11.8 Å². The summed E-state index contributed by atoms with van der Waals surface area (Å²) in [6.07, 6.45) is 0.937. The van der Waals surface area contributed by atoms with Crippen LogP contribution in [0.3, 0.4) is 0 Å². The largest absolute Gasteiger partial charge is 0.489 e. The Morgan fingerprint density at radius 2 is 1.74 bits per heavy atom. The third kappa shape index (κ3) is 3.26. The van der Waals surface area contributed by atoms with Crippen LogP contribution in [0.4, 0.5) is 0 Å². The minimum atomic E-state index is -0.0567. The molecule has 3 heteroatoms. The molecule has 23 heavy (non-hydrogen) atoms. The summed E-state index contributed by atoms with van der Waals surface area (Å²) in [5.41, 5.74) is 2.50. The molecule has 2 aromatic rings. The van der Waals surface area contributed by atoms with Crippen LogP contribution in [0.15, 0.2) is 54.6 Å². The Balaban J connectivity index is 1.30. The van der Waals surface area contributed by atoms with Crippen LogP contribution in [0.25, 0.3) is 0 Å². The average Bonchev–Trinajstić information content (AvgIpc) is 2.91. The first kappa shape index (κ1) is 14.7. The van der Waals surface area contributed by atoms with Crippen LogP contribution in [-0.2, 0) is 13.2 Å². The van der Waals surface area contributed by atoms with Crippen LogP contribution in [0.2, 0.25) is 0 Å². The molecule has 0 spiro atoms. The van der Waals surface area contributed by atoms with Crippen molar-refractivity contribution < 1.29 is 9.84 Å². The normalized spacial score (nSPS) is 26.6. The summed E-state index contributed by atoms with van der Waals surface area (Å²) in [5, 5.41) is 9.75. The van der Waals surface area contributed by atoms with Crippen LogP contribution in [0.5, 0.6) is 5.75 Å². The highest BCUT2D eigenvalue weighted by Crippen LogP contribution is 2.41. The summed E-state index contributed by atoms with van der Waals surface area (Å²) in [7, 11) is 0. The van der Waals surface area contributed by atoms with Gasteiger partial charge in [0.1, 0.15) is 12.4 Å². The Labute approximate surface area is 137 Å². The van der Waals surface area contributed by atoms with Crippen molar-refractivity contribution in [2.24, 2.45) is 11.8 Å². The lowest BCUT2D eigenvalue weighted by Crippen LogP contribution is -2.39. The first-order valence-corrected chi connectivity index (χ1v) is 8.44. The second kappa shape index (κ2) is 6.34. The van der Waals surface area contributed by atoms with Gasteiger partial charge in [0.15, 0.2) is 0 Å². The van der Waals surface area contributed by atoms with Crippen LogP contribution in [-0.4, -0.2) is 29.2 Å². The molecule has 1 N–H and O–H groups in total. The van der Waals surface area contributed by atoms with Crippen molar-refractivity contribution in [2.45, 2.75) is 25.7 Å². The highest BCUT2D eigenvalue weighted by Gasteiger charge is 2.45. The molecule has 3 nitrogen and oxygen atoms in total. The summed E-state index contributed by atoms with van der Waals surface area (Å²) in [6.45, 7) is 3.75. The van der Waals surface area contributed by atoms with Crippen molar-refractivity contribution in [2.75, 3.05) is 13.1 Å². The van der Waals surface area contributed by atoms with Crippen molar-refractivity contribution in [1.29, 1.82) is 0 Å². The van der Waals surface area contributed by atoms with Gasteiger partial charge in [-0.2, -0.15) is 0 Å². The predicted octanol–water partition coefficient (Wildman–Crippen LogP) is 3.08. The highest BCUT2D eigenvalue weighted by atomic mass is 16.5. The van der Waals surface area contributed by atoms with Gasteiger partial charge in [0.25, 0.3) is 0 Å². The molecule has 2 fully saturated rings. The maximum absolute atomic E-state index is 9.75. The molecule has 120 valence electrons. The van der Waals surface area contributed by atoms with E-state index in [4.69, 9.17) is 4.74 Å². The van der Waals surface area contributed by atoms with E-state index in [1.807, 2.05) is 18.2 Å². The Morgan fingerprint density at radius 1 is 0.957 bits per heavy atom. The number of likely N-dealkylation sites (tertiary alicyclic amines) is 1. The summed E-state index contributed by atoms with van der Waals surface area (Å²) in [5.74, 6) is 2.15. The van der Waals surface area contributed by atoms with Gasteiger partial charge in [0, 0.05) is 25.6 Å². The van der Waals surface area contributed by atoms with E-state index in [0.29, 0.717) is 12.5 Å². The van der Waals surface area contributed by atoms with Gasteiger partial charge in [-0.25, -0.2) is 0 Å². The van der Waals surface area contributed by atoms with Crippen molar-refractivity contribution >= 4 is 0 Å². The number of fused-ring (bicyclic) bond motifs is 1. The summed E-state index contributed by atoms with van der Waals surface area (Å²) in [4.78, 5) is 2.46. The highest BCUT2D eigenvalue weighted by molar-refractivity contribution is 5.28. The molecule has 1 aliphatic carbocycles. The first-order chi connectivity index (χ1) is 11.3. The quantitative estimate of drug-likeness (QED) is 0.921. The summed E-state index contributed by atoms with van der Waals surface area (Å²) < 4.78 is 5.83.